The van der Waals surface area contributed by atoms with Crippen LogP contribution in [0.1, 0.15) is 25.0 Å². The number of hydrogen-bond donors (Lipinski definition) is 1. The van der Waals surface area contributed by atoms with Gasteiger partial charge in [-0.3, -0.25) is 4.79 Å². The number of hydrogen-bond acceptors (Lipinski definition) is 7. The van der Waals surface area contributed by atoms with E-state index in [1.807, 2.05) is 48.5 Å². The Balaban J connectivity index is 1.31. The van der Waals surface area contributed by atoms with E-state index in [1.54, 1.807) is 35.7 Å². The third kappa shape index (κ3) is 6.01. The van der Waals surface area contributed by atoms with E-state index in [4.69, 9.17) is 4.74 Å². The Morgan fingerprint density at radius 1 is 1.10 bits per heavy atom. The highest BCUT2D eigenvalue weighted by molar-refractivity contribution is 5.94. The molecular weight excluding hydrogens is 492 g/mol. The molecule has 4 heterocycles. The van der Waals surface area contributed by atoms with Crippen molar-refractivity contribution in [2.24, 2.45) is 0 Å². The molecule has 39 heavy (non-hydrogen) atoms. The second kappa shape index (κ2) is 10.9. The molecule has 1 aliphatic heterocycles. The average molecular weight is 521 g/mol. The average Bonchev–Trinajstić information content (AvgIpc) is 3.38. The molecule has 0 radical (unpaired) electrons. The highest BCUT2D eigenvalue weighted by Crippen LogP contribution is 2.31. The van der Waals surface area contributed by atoms with Crippen LogP contribution in [0.5, 0.6) is 5.75 Å². The number of fused-ring (bicyclic) bond motifs is 1. The molecule has 0 aliphatic carbocycles. The Hall–Kier alpha value is -4.86. The first-order valence-corrected chi connectivity index (χ1v) is 12.6. The zero-order chi connectivity index (χ0) is 27.4. The van der Waals surface area contributed by atoms with Gasteiger partial charge in [0.25, 0.3) is 5.91 Å². The lowest BCUT2D eigenvalue weighted by atomic mass is 10.1. The lowest BCUT2D eigenvalue weighted by Crippen LogP contribution is -2.48. The molecular formula is C30H28N6O3. The molecule has 0 saturated carbocycles. The van der Waals surface area contributed by atoms with Crippen LogP contribution in [0.3, 0.4) is 0 Å². The quantitative estimate of drug-likeness (QED) is 0.403. The van der Waals surface area contributed by atoms with Gasteiger partial charge in [-0.1, -0.05) is 24.1 Å². The second-order valence-corrected chi connectivity index (χ2v) is 9.95. The standard InChI is InChI=1S/C30H28N6O3/c1-30(2,38)21-39-25-16-26(29-24(17-31)19-33-36(29)20-25)23-9-10-27(32-18-23)34-12-14-35(15-13-34)28(37)11-8-22-6-4-3-5-7-22/h3-7,9-10,16,18-20,38H,12-15,21H2,1-2H3. The Morgan fingerprint density at radius 2 is 1.87 bits per heavy atom. The second-order valence-electron chi connectivity index (χ2n) is 9.95. The molecule has 1 aromatic carbocycles. The van der Waals surface area contributed by atoms with Gasteiger partial charge in [-0.05, 0) is 44.2 Å². The summed E-state index contributed by atoms with van der Waals surface area (Å²) in [6.45, 7) is 5.87. The van der Waals surface area contributed by atoms with Crippen molar-refractivity contribution in [2.45, 2.75) is 19.4 Å². The van der Waals surface area contributed by atoms with E-state index in [0.29, 0.717) is 43.0 Å². The van der Waals surface area contributed by atoms with Crippen molar-refractivity contribution in [3.8, 4) is 34.8 Å². The summed E-state index contributed by atoms with van der Waals surface area (Å²) in [7, 11) is 0. The maximum atomic E-state index is 12.5. The summed E-state index contributed by atoms with van der Waals surface area (Å²) in [5, 5.41) is 24.0. The number of pyridine rings is 2. The smallest absolute Gasteiger partial charge is 0.298 e. The molecule has 0 unspecified atom stereocenters. The number of benzene rings is 1. The monoisotopic (exact) mass is 520 g/mol. The van der Waals surface area contributed by atoms with Crippen molar-refractivity contribution in [1.29, 1.82) is 5.26 Å². The van der Waals surface area contributed by atoms with Crippen LogP contribution in [0.4, 0.5) is 5.82 Å². The number of anilines is 1. The predicted octanol–water partition coefficient (Wildman–Crippen LogP) is 3.12. The van der Waals surface area contributed by atoms with Crippen molar-refractivity contribution in [2.75, 3.05) is 37.7 Å². The molecule has 0 atom stereocenters. The number of nitrogens with zero attached hydrogens (tertiary/aromatic N) is 6. The van der Waals surface area contributed by atoms with Gasteiger partial charge in [-0.2, -0.15) is 10.4 Å². The number of piperazine rings is 1. The van der Waals surface area contributed by atoms with Crippen molar-refractivity contribution in [3.63, 3.8) is 0 Å². The third-order valence-corrected chi connectivity index (χ3v) is 6.34. The van der Waals surface area contributed by atoms with Gasteiger partial charge >= 0.3 is 0 Å². The van der Waals surface area contributed by atoms with E-state index < -0.39 is 5.60 Å². The number of carbonyl (C=O) groups is 1. The summed E-state index contributed by atoms with van der Waals surface area (Å²) < 4.78 is 7.42. The minimum Gasteiger partial charge on any atom is -0.489 e. The van der Waals surface area contributed by atoms with E-state index in [1.165, 1.54) is 6.20 Å². The molecule has 1 aliphatic rings. The topological polar surface area (TPSA) is 107 Å². The lowest BCUT2D eigenvalue weighted by molar-refractivity contribution is -0.125. The zero-order valence-corrected chi connectivity index (χ0v) is 21.8. The minimum atomic E-state index is -0.997. The number of nitriles is 1. The molecule has 1 saturated heterocycles. The minimum absolute atomic E-state index is 0.105. The van der Waals surface area contributed by atoms with Crippen LogP contribution >= 0.6 is 0 Å². The maximum absolute atomic E-state index is 12.5. The number of ether oxygens (including phenoxy) is 1. The number of rotatable bonds is 5. The molecule has 9 heteroatoms. The number of aliphatic hydroxyl groups is 1. The van der Waals surface area contributed by atoms with Gasteiger partial charge in [0.1, 0.15) is 24.2 Å². The van der Waals surface area contributed by atoms with Crippen LogP contribution in [-0.2, 0) is 4.79 Å². The van der Waals surface area contributed by atoms with Gasteiger partial charge in [0.05, 0.1) is 29.1 Å². The summed E-state index contributed by atoms with van der Waals surface area (Å²) in [6.07, 6.45) is 4.98. The van der Waals surface area contributed by atoms with Gasteiger partial charge in [-0.25, -0.2) is 9.50 Å². The summed E-state index contributed by atoms with van der Waals surface area (Å²) in [5.74, 6) is 6.82. The number of aromatic nitrogens is 3. The summed E-state index contributed by atoms with van der Waals surface area (Å²) >= 11 is 0. The van der Waals surface area contributed by atoms with Crippen molar-refractivity contribution in [3.05, 3.63) is 78.2 Å². The summed E-state index contributed by atoms with van der Waals surface area (Å²) in [5.41, 5.74) is 2.48. The molecule has 0 bridgehead atoms. The summed E-state index contributed by atoms with van der Waals surface area (Å²) in [4.78, 5) is 21.1. The SMILES string of the molecule is CC(C)(O)COc1cc(-c2ccc(N3CCN(C(=O)C#Cc4ccccc4)CC3)nc2)c2c(C#N)cnn2c1. The number of amides is 1. The van der Waals surface area contributed by atoms with Crippen molar-refractivity contribution >= 4 is 17.2 Å². The van der Waals surface area contributed by atoms with Crippen LogP contribution in [-0.4, -0.2) is 68.9 Å². The Bertz CT molecular complexity index is 1580. The fraction of sp³-hybridized carbons (Fsp3) is 0.267. The van der Waals surface area contributed by atoms with E-state index in [0.717, 1.165) is 22.5 Å². The molecule has 5 rings (SSSR count). The molecule has 9 nitrogen and oxygen atoms in total. The van der Waals surface area contributed by atoms with Crippen LogP contribution in [0.15, 0.2) is 67.1 Å². The van der Waals surface area contributed by atoms with Crippen LogP contribution in [0.25, 0.3) is 16.6 Å². The lowest BCUT2D eigenvalue weighted by Gasteiger charge is -2.34. The van der Waals surface area contributed by atoms with Gasteiger partial charge in [0, 0.05) is 55.0 Å². The first-order chi connectivity index (χ1) is 18.8. The van der Waals surface area contributed by atoms with Gasteiger partial charge in [0.15, 0.2) is 0 Å². The van der Waals surface area contributed by atoms with Crippen molar-refractivity contribution in [1.82, 2.24) is 19.5 Å². The molecule has 1 N–H and O–H groups in total. The Labute approximate surface area is 226 Å². The largest absolute Gasteiger partial charge is 0.489 e. The first kappa shape index (κ1) is 25.8. The number of carbonyl (C=O) groups excluding carboxylic acids is 1. The van der Waals surface area contributed by atoms with Crippen LogP contribution < -0.4 is 9.64 Å². The van der Waals surface area contributed by atoms with Crippen LogP contribution in [0.2, 0.25) is 0 Å². The van der Waals surface area contributed by atoms with Gasteiger partial charge < -0.3 is 19.6 Å². The fourth-order valence-electron chi connectivity index (χ4n) is 4.34. The molecule has 1 fully saturated rings. The maximum Gasteiger partial charge on any atom is 0.298 e. The third-order valence-electron chi connectivity index (χ3n) is 6.34. The summed E-state index contributed by atoms with van der Waals surface area (Å²) in [6, 6.07) is 17.4. The predicted molar refractivity (Wildman–Crippen MR) is 147 cm³/mol. The Kier molecular flexibility index (Phi) is 7.18. The highest BCUT2D eigenvalue weighted by atomic mass is 16.5. The zero-order valence-electron chi connectivity index (χ0n) is 21.8. The molecule has 1 amide bonds. The molecule has 0 spiro atoms. The normalized spacial score (nSPS) is 13.5. The van der Waals surface area contributed by atoms with Gasteiger partial charge in [-0.15, -0.1) is 0 Å². The van der Waals surface area contributed by atoms with Crippen molar-refractivity contribution < 1.29 is 14.6 Å². The Morgan fingerprint density at radius 3 is 2.54 bits per heavy atom. The molecule has 196 valence electrons. The first-order valence-electron chi connectivity index (χ1n) is 12.6. The molecule has 4 aromatic rings. The fourth-order valence-corrected chi connectivity index (χ4v) is 4.34. The highest BCUT2D eigenvalue weighted by Gasteiger charge is 2.22. The molecule has 3 aromatic heterocycles. The van der Waals surface area contributed by atoms with E-state index in [-0.39, 0.29) is 12.5 Å². The van der Waals surface area contributed by atoms with Crippen LogP contribution in [0, 0.1) is 23.2 Å². The van der Waals surface area contributed by atoms with E-state index >= 15 is 0 Å². The van der Waals surface area contributed by atoms with Gasteiger partial charge in [0.2, 0.25) is 0 Å². The van der Waals surface area contributed by atoms with E-state index in [2.05, 4.69) is 32.9 Å². The van der Waals surface area contributed by atoms with E-state index in [9.17, 15) is 15.2 Å².